The molecule has 16 heavy (non-hydrogen) atoms. The van der Waals surface area contributed by atoms with Gasteiger partial charge in [-0.05, 0) is 19.4 Å². The molecule has 0 spiro atoms. The van der Waals surface area contributed by atoms with Crippen LogP contribution in [0.15, 0.2) is 12.4 Å². The van der Waals surface area contributed by atoms with Gasteiger partial charge >= 0.3 is 5.97 Å². The van der Waals surface area contributed by atoms with Crippen LogP contribution in [0, 0.1) is 6.92 Å². The summed E-state index contributed by atoms with van der Waals surface area (Å²) in [7, 11) is 0. The van der Waals surface area contributed by atoms with E-state index in [-0.39, 0.29) is 18.1 Å². The fraction of sp³-hybridized carbons (Fsp3) is 0.636. The van der Waals surface area contributed by atoms with Crippen molar-refractivity contribution in [3.05, 3.63) is 18.0 Å². The molecule has 0 aliphatic carbocycles. The molecule has 1 N–H and O–H groups in total. The van der Waals surface area contributed by atoms with E-state index >= 15 is 0 Å². The fourth-order valence-corrected chi connectivity index (χ4v) is 1.87. The first kappa shape index (κ1) is 11.1. The fourth-order valence-electron chi connectivity index (χ4n) is 1.87. The zero-order chi connectivity index (χ0) is 11.5. The summed E-state index contributed by atoms with van der Waals surface area (Å²) in [6.45, 7) is 5.42. The number of nitrogens with one attached hydrogen (secondary N) is 1. The van der Waals surface area contributed by atoms with Gasteiger partial charge in [-0.15, -0.1) is 0 Å². The summed E-state index contributed by atoms with van der Waals surface area (Å²) in [6.07, 6.45) is 4.61. The average Bonchev–Trinajstić information content (AvgIpc) is 2.74. The summed E-state index contributed by atoms with van der Waals surface area (Å²) < 4.78 is 6.92. The number of nitrogens with zero attached hydrogens (tertiary/aromatic N) is 2. The number of hydrogen-bond acceptors (Lipinski definition) is 4. The molecular weight excluding hydrogens is 206 g/mol. The third-order valence-corrected chi connectivity index (χ3v) is 2.66. The number of carbonyl (C=O) groups is 1. The number of carbonyl (C=O) groups excluding carboxylic acids is 1. The van der Waals surface area contributed by atoms with Gasteiger partial charge in [0.2, 0.25) is 0 Å². The third-order valence-electron chi connectivity index (χ3n) is 2.66. The van der Waals surface area contributed by atoms with Gasteiger partial charge in [0.25, 0.3) is 0 Å². The lowest BCUT2D eigenvalue weighted by atomic mass is 10.2. The van der Waals surface area contributed by atoms with Crippen molar-refractivity contribution in [3.63, 3.8) is 0 Å². The number of cyclic esters (lactones) is 1. The smallest absolute Gasteiger partial charge is 0.323 e. The number of aromatic nitrogens is 2. The van der Waals surface area contributed by atoms with E-state index in [1.165, 1.54) is 0 Å². The number of ether oxygens (including phenoxy) is 1. The molecule has 2 heterocycles. The number of esters is 1. The molecule has 0 unspecified atom stereocenters. The Morgan fingerprint density at radius 1 is 1.69 bits per heavy atom. The molecule has 2 rings (SSSR count). The second kappa shape index (κ2) is 4.65. The van der Waals surface area contributed by atoms with Gasteiger partial charge < -0.3 is 10.1 Å². The first-order chi connectivity index (χ1) is 7.65. The summed E-state index contributed by atoms with van der Waals surface area (Å²) in [5.41, 5.74) is 1.15. The normalized spacial score (nSPS) is 24.8. The predicted molar refractivity (Wildman–Crippen MR) is 58.9 cm³/mol. The van der Waals surface area contributed by atoms with Crippen molar-refractivity contribution < 1.29 is 9.53 Å². The van der Waals surface area contributed by atoms with Crippen molar-refractivity contribution in [2.24, 2.45) is 0 Å². The van der Waals surface area contributed by atoms with E-state index in [0.717, 1.165) is 25.1 Å². The van der Waals surface area contributed by atoms with Crippen LogP contribution in [0.4, 0.5) is 0 Å². The number of hydrogen-bond donors (Lipinski definition) is 1. The minimum absolute atomic E-state index is 0.0388. The summed E-state index contributed by atoms with van der Waals surface area (Å²) in [5.74, 6) is -0.135. The maximum Gasteiger partial charge on any atom is 0.323 e. The van der Waals surface area contributed by atoms with Gasteiger partial charge in [-0.3, -0.25) is 9.48 Å². The Morgan fingerprint density at radius 3 is 3.06 bits per heavy atom. The second-order valence-electron chi connectivity index (χ2n) is 4.27. The van der Waals surface area contributed by atoms with Gasteiger partial charge in [0.15, 0.2) is 0 Å². The van der Waals surface area contributed by atoms with Crippen LogP contribution in [0.5, 0.6) is 0 Å². The predicted octanol–water partition coefficient (Wildman–Crippen LogP) is 0.485. The van der Waals surface area contributed by atoms with Gasteiger partial charge in [-0.1, -0.05) is 0 Å². The molecule has 1 aromatic rings. The number of aryl methyl sites for hydroxylation is 1. The lowest BCUT2D eigenvalue weighted by Crippen LogP contribution is -2.35. The van der Waals surface area contributed by atoms with E-state index in [0.29, 0.717) is 0 Å². The van der Waals surface area contributed by atoms with E-state index in [1.807, 2.05) is 30.9 Å². The van der Waals surface area contributed by atoms with Crippen molar-refractivity contribution in [1.29, 1.82) is 0 Å². The van der Waals surface area contributed by atoms with Crippen LogP contribution in [-0.4, -0.2) is 34.4 Å². The first-order valence-electron chi connectivity index (χ1n) is 5.58. The van der Waals surface area contributed by atoms with Crippen molar-refractivity contribution in [2.75, 3.05) is 6.54 Å². The zero-order valence-corrected chi connectivity index (χ0v) is 9.64. The summed E-state index contributed by atoms with van der Waals surface area (Å²) in [4.78, 5) is 11.3. The molecule has 1 aliphatic heterocycles. The highest BCUT2D eigenvalue weighted by Gasteiger charge is 2.30. The van der Waals surface area contributed by atoms with Gasteiger partial charge in [-0.25, -0.2) is 0 Å². The highest BCUT2D eigenvalue weighted by molar-refractivity contribution is 5.77. The Kier molecular flexibility index (Phi) is 3.24. The van der Waals surface area contributed by atoms with Gasteiger partial charge in [-0.2, -0.15) is 5.10 Å². The van der Waals surface area contributed by atoms with Crippen LogP contribution in [0.2, 0.25) is 0 Å². The van der Waals surface area contributed by atoms with E-state index in [2.05, 4.69) is 10.4 Å². The van der Waals surface area contributed by atoms with Crippen LogP contribution in [0.3, 0.4) is 0 Å². The average molecular weight is 223 g/mol. The van der Waals surface area contributed by atoms with Crippen molar-refractivity contribution in [1.82, 2.24) is 15.1 Å². The standard InChI is InChI=1S/C11H17N3O2/c1-8-6-13-14(7-8)4-3-12-10-5-9(2)16-11(10)15/h6-7,9-10,12H,3-5H2,1-2H3/t9-,10-/m1/s1. The van der Waals surface area contributed by atoms with Gasteiger partial charge in [0.05, 0.1) is 12.7 Å². The lowest BCUT2D eigenvalue weighted by Gasteiger charge is -2.08. The molecule has 1 aromatic heterocycles. The lowest BCUT2D eigenvalue weighted by molar-refractivity contribution is -0.142. The van der Waals surface area contributed by atoms with E-state index < -0.39 is 0 Å². The molecule has 1 aliphatic rings. The molecule has 0 bridgehead atoms. The maximum atomic E-state index is 11.3. The summed E-state index contributed by atoms with van der Waals surface area (Å²) >= 11 is 0. The molecule has 5 heteroatoms. The highest BCUT2D eigenvalue weighted by atomic mass is 16.6. The Balaban J connectivity index is 1.74. The molecular formula is C11H17N3O2. The van der Waals surface area contributed by atoms with Gasteiger partial charge in [0.1, 0.15) is 12.1 Å². The Hall–Kier alpha value is -1.36. The Bertz CT molecular complexity index is 375. The van der Waals surface area contributed by atoms with Crippen LogP contribution in [0.1, 0.15) is 18.9 Å². The Morgan fingerprint density at radius 2 is 2.50 bits per heavy atom. The molecule has 1 fully saturated rings. The molecule has 1 saturated heterocycles. The SMILES string of the molecule is Cc1cnn(CCN[C@@H]2C[C@@H](C)OC2=O)c1. The van der Waals surface area contributed by atoms with Crippen molar-refractivity contribution >= 4 is 5.97 Å². The molecule has 0 radical (unpaired) electrons. The van der Waals surface area contributed by atoms with Crippen molar-refractivity contribution in [3.8, 4) is 0 Å². The van der Waals surface area contributed by atoms with E-state index in [1.54, 1.807) is 0 Å². The minimum Gasteiger partial charge on any atom is -0.461 e. The van der Waals surface area contributed by atoms with Gasteiger partial charge in [0, 0.05) is 19.2 Å². The maximum absolute atomic E-state index is 11.3. The largest absolute Gasteiger partial charge is 0.461 e. The topological polar surface area (TPSA) is 56.1 Å². The first-order valence-corrected chi connectivity index (χ1v) is 5.58. The van der Waals surface area contributed by atoms with E-state index in [4.69, 9.17) is 4.74 Å². The van der Waals surface area contributed by atoms with Crippen molar-refractivity contribution in [2.45, 2.75) is 39.0 Å². The Labute approximate surface area is 94.8 Å². The van der Waals surface area contributed by atoms with Crippen LogP contribution >= 0.6 is 0 Å². The van der Waals surface area contributed by atoms with Crippen LogP contribution in [-0.2, 0) is 16.1 Å². The van der Waals surface area contributed by atoms with Crippen LogP contribution < -0.4 is 5.32 Å². The monoisotopic (exact) mass is 223 g/mol. The van der Waals surface area contributed by atoms with Crippen LogP contribution in [0.25, 0.3) is 0 Å². The molecule has 0 saturated carbocycles. The molecule has 0 aromatic carbocycles. The minimum atomic E-state index is -0.147. The third kappa shape index (κ3) is 2.61. The highest BCUT2D eigenvalue weighted by Crippen LogP contribution is 2.13. The zero-order valence-electron chi connectivity index (χ0n) is 9.64. The second-order valence-corrected chi connectivity index (χ2v) is 4.27. The number of rotatable bonds is 4. The molecule has 2 atom stereocenters. The van der Waals surface area contributed by atoms with E-state index in [9.17, 15) is 4.79 Å². The molecule has 0 amide bonds. The molecule has 88 valence electrons. The molecule has 5 nitrogen and oxygen atoms in total. The quantitative estimate of drug-likeness (QED) is 0.755. The summed E-state index contributed by atoms with van der Waals surface area (Å²) in [6, 6.07) is -0.147. The summed E-state index contributed by atoms with van der Waals surface area (Å²) in [5, 5.41) is 7.36.